The molecule has 30 heavy (non-hydrogen) atoms. The highest BCUT2D eigenvalue weighted by Gasteiger charge is 2.26. The first-order valence-electron chi connectivity index (χ1n) is 10.2. The average Bonchev–Trinajstić information content (AvgIpc) is 2.75. The topological polar surface area (TPSA) is 61.9 Å². The smallest absolute Gasteiger partial charge is 0.263 e. The molecule has 2 amide bonds. The van der Waals surface area contributed by atoms with Crippen LogP contribution in [-0.2, 0) is 16.1 Å². The Morgan fingerprint density at radius 3 is 2.47 bits per heavy atom. The van der Waals surface area contributed by atoms with Gasteiger partial charge in [0.25, 0.3) is 5.91 Å². The number of nitrogens with one attached hydrogen (secondary N) is 1. The van der Waals surface area contributed by atoms with Gasteiger partial charge in [0, 0.05) is 37.7 Å². The molecule has 2 aromatic carbocycles. The molecule has 1 saturated heterocycles. The Bertz CT molecular complexity index is 867. The zero-order chi connectivity index (χ0) is 21.5. The van der Waals surface area contributed by atoms with E-state index >= 15 is 0 Å². The fraction of sp³-hybridized carbons (Fsp3) is 0.391. The second kappa shape index (κ2) is 10.5. The first-order valence-corrected chi connectivity index (χ1v) is 10.5. The van der Waals surface area contributed by atoms with Crippen molar-refractivity contribution in [2.75, 3.05) is 32.7 Å². The Morgan fingerprint density at radius 2 is 1.80 bits per heavy atom. The van der Waals surface area contributed by atoms with E-state index in [-0.39, 0.29) is 11.8 Å². The van der Waals surface area contributed by atoms with Crippen LogP contribution >= 0.6 is 11.6 Å². The van der Waals surface area contributed by atoms with Gasteiger partial charge in [-0.15, -0.1) is 0 Å². The van der Waals surface area contributed by atoms with E-state index in [0.29, 0.717) is 50.0 Å². The summed E-state index contributed by atoms with van der Waals surface area (Å²) in [7, 11) is 0. The molecule has 1 fully saturated rings. The number of carbonyl (C=O) groups is 2. The molecular weight excluding hydrogens is 402 g/mol. The van der Waals surface area contributed by atoms with Gasteiger partial charge in [0.15, 0.2) is 6.10 Å². The van der Waals surface area contributed by atoms with E-state index in [2.05, 4.69) is 10.2 Å². The molecule has 7 heteroatoms. The van der Waals surface area contributed by atoms with Crippen LogP contribution in [0.2, 0.25) is 5.02 Å². The molecule has 0 bridgehead atoms. The number of amides is 2. The van der Waals surface area contributed by atoms with Crippen LogP contribution in [0.3, 0.4) is 0 Å². The third-order valence-electron chi connectivity index (χ3n) is 5.17. The van der Waals surface area contributed by atoms with Gasteiger partial charge in [-0.05, 0) is 43.2 Å². The van der Waals surface area contributed by atoms with Crippen LogP contribution in [-0.4, -0.2) is 60.4 Å². The molecule has 0 saturated carbocycles. The molecule has 2 aromatic rings. The summed E-state index contributed by atoms with van der Waals surface area (Å²) in [5.41, 5.74) is 1.99. The van der Waals surface area contributed by atoms with Crippen molar-refractivity contribution in [3.05, 3.63) is 64.7 Å². The number of ether oxygens (including phenoxy) is 1. The Hall–Kier alpha value is -2.57. The summed E-state index contributed by atoms with van der Waals surface area (Å²) in [6.07, 6.45) is -0.578. The predicted molar refractivity (Wildman–Crippen MR) is 118 cm³/mol. The molecule has 0 aromatic heterocycles. The van der Waals surface area contributed by atoms with Crippen molar-refractivity contribution >= 4 is 23.4 Å². The van der Waals surface area contributed by atoms with Crippen LogP contribution in [0.4, 0.5) is 0 Å². The van der Waals surface area contributed by atoms with Gasteiger partial charge in [0.2, 0.25) is 5.91 Å². The van der Waals surface area contributed by atoms with E-state index in [1.165, 1.54) is 0 Å². The highest BCUT2D eigenvalue weighted by atomic mass is 35.5. The maximum Gasteiger partial charge on any atom is 0.263 e. The van der Waals surface area contributed by atoms with Crippen LogP contribution in [0, 0.1) is 6.92 Å². The van der Waals surface area contributed by atoms with Crippen molar-refractivity contribution < 1.29 is 14.3 Å². The summed E-state index contributed by atoms with van der Waals surface area (Å²) >= 11 is 6.04. The van der Waals surface area contributed by atoms with Gasteiger partial charge in [0.05, 0.1) is 6.54 Å². The molecule has 1 N–H and O–H groups in total. The molecule has 3 rings (SSSR count). The molecule has 1 unspecified atom stereocenters. The van der Waals surface area contributed by atoms with Crippen molar-refractivity contribution in [2.45, 2.75) is 26.5 Å². The fourth-order valence-corrected chi connectivity index (χ4v) is 3.50. The minimum atomic E-state index is -0.578. The lowest BCUT2D eigenvalue weighted by atomic mass is 10.2. The Morgan fingerprint density at radius 1 is 1.10 bits per heavy atom. The van der Waals surface area contributed by atoms with Gasteiger partial charge < -0.3 is 15.0 Å². The monoisotopic (exact) mass is 429 g/mol. The number of aryl methyl sites for hydroxylation is 1. The minimum Gasteiger partial charge on any atom is -0.481 e. The first-order chi connectivity index (χ1) is 14.4. The van der Waals surface area contributed by atoms with Gasteiger partial charge in [0.1, 0.15) is 5.75 Å². The summed E-state index contributed by atoms with van der Waals surface area (Å²) in [5.74, 6) is 0.579. The highest BCUT2D eigenvalue weighted by molar-refractivity contribution is 6.31. The quantitative estimate of drug-likeness (QED) is 0.735. The number of nitrogens with zero attached hydrogens (tertiary/aromatic N) is 2. The number of halogens is 1. The average molecular weight is 430 g/mol. The lowest BCUT2D eigenvalue weighted by molar-refractivity contribution is -0.139. The number of piperazine rings is 1. The van der Waals surface area contributed by atoms with Crippen LogP contribution in [0.15, 0.2) is 48.5 Å². The molecule has 1 aliphatic rings. The number of hydrogen-bond donors (Lipinski definition) is 1. The minimum absolute atomic E-state index is 0.00607. The number of rotatable bonds is 7. The molecular formula is C23H28ClN3O3. The molecule has 1 heterocycles. The molecule has 160 valence electrons. The molecule has 1 aliphatic heterocycles. The standard InChI is InChI=1S/C23H28ClN3O3/c1-17-14-20(8-9-21(17)24)30-18(2)23(29)27-12-10-26(11-13-27)16-22(28)25-15-19-6-4-3-5-7-19/h3-9,14,18H,10-13,15-16H2,1-2H3,(H,25,28). The maximum absolute atomic E-state index is 12.7. The summed E-state index contributed by atoms with van der Waals surface area (Å²) in [6, 6.07) is 15.2. The first kappa shape index (κ1) is 22.1. The Kier molecular flexibility index (Phi) is 7.71. The van der Waals surface area contributed by atoms with E-state index in [9.17, 15) is 9.59 Å². The van der Waals surface area contributed by atoms with E-state index in [1.807, 2.05) is 43.3 Å². The summed E-state index contributed by atoms with van der Waals surface area (Å²) in [5, 5.41) is 3.62. The zero-order valence-electron chi connectivity index (χ0n) is 17.4. The molecule has 0 aliphatic carbocycles. The fourth-order valence-electron chi connectivity index (χ4n) is 3.38. The van der Waals surface area contributed by atoms with Gasteiger partial charge in [-0.3, -0.25) is 14.5 Å². The van der Waals surface area contributed by atoms with E-state index in [1.54, 1.807) is 24.0 Å². The number of hydrogen-bond acceptors (Lipinski definition) is 4. The van der Waals surface area contributed by atoms with Crippen LogP contribution < -0.4 is 10.1 Å². The zero-order valence-corrected chi connectivity index (χ0v) is 18.2. The van der Waals surface area contributed by atoms with E-state index in [4.69, 9.17) is 16.3 Å². The van der Waals surface area contributed by atoms with Crippen LogP contribution in [0.1, 0.15) is 18.1 Å². The SMILES string of the molecule is Cc1cc(OC(C)C(=O)N2CCN(CC(=O)NCc3ccccc3)CC2)ccc1Cl. The second-order valence-electron chi connectivity index (χ2n) is 7.53. The van der Waals surface area contributed by atoms with Crippen molar-refractivity contribution in [1.29, 1.82) is 0 Å². The lowest BCUT2D eigenvalue weighted by Gasteiger charge is -2.35. The Balaban J connectivity index is 1.41. The summed E-state index contributed by atoms with van der Waals surface area (Å²) in [4.78, 5) is 28.8. The van der Waals surface area contributed by atoms with Gasteiger partial charge in [-0.1, -0.05) is 41.9 Å². The van der Waals surface area contributed by atoms with Crippen LogP contribution in [0.5, 0.6) is 5.75 Å². The second-order valence-corrected chi connectivity index (χ2v) is 7.94. The largest absolute Gasteiger partial charge is 0.481 e. The van der Waals surface area contributed by atoms with Gasteiger partial charge in [-0.2, -0.15) is 0 Å². The normalized spacial score (nSPS) is 15.5. The third kappa shape index (κ3) is 6.21. The highest BCUT2D eigenvalue weighted by Crippen LogP contribution is 2.22. The third-order valence-corrected chi connectivity index (χ3v) is 5.60. The number of benzene rings is 2. The van der Waals surface area contributed by atoms with Crippen molar-refractivity contribution in [3.8, 4) is 5.75 Å². The summed E-state index contributed by atoms with van der Waals surface area (Å²) < 4.78 is 5.80. The van der Waals surface area contributed by atoms with E-state index in [0.717, 1.165) is 11.1 Å². The van der Waals surface area contributed by atoms with Crippen molar-refractivity contribution in [1.82, 2.24) is 15.1 Å². The van der Waals surface area contributed by atoms with Crippen molar-refractivity contribution in [3.63, 3.8) is 0 Å². The van der Waals surface area contributed by atoms with E-state index < -0.39 is 6.10 Å². The van der Waals surface area contributed by atoms with Crippen LogP contribution in [0.25, 0.3) is 0 Å². The maximum atomic E-state index is 12.7. The molecule has 6 nitrogen and oxygen atoms in total. The Labute approximate surface area is 182 Å². The summed E-state index contributed by atoms with van der Waals surface area (Å²) in [6.45, 7) is 7.01. The van der Waals surface area contributed by atoms with Gasteiger partial charge in [-0.25, -0.2) is 0 Å². The molecule has 0 radical (unpaired) electrons. The van der Waals surface area contributed by atoms with Crippen molar-refractivity contribution in [2.24, 2.45) is 0 Å². The molecule has 1 atom stereocenters. The number of carbonyl (C=O) groups excluding carboxylic acids is 2. The lowest BCUT2D eigenvalue weighted by Crippen LogP contribution is -2.53. The van der Waals surface area contributed by atoms with Gasteiger partial charge >= 0.3 is 0 Å². The molecule has 0 spiro atoms. The predicted octanol–water partition coefficient (Wildman–Crippen LogP) is 2.88.